The van der Waals surface area contributed by atoms with Gasteiger partial charge in [0.1, 0.15) is 24.1 Å². The molecule has 1 aromatic carbocycles. The first-order chi connectivity index (χ1) is 10.0. The standard InChI is InChI=1S/C14H14FNO5/c15-9-5-16(13(20)8-4-2-1-3-7(8)9)14-12(19)11(18)10(6-17)21-14/h1-5,10-12,14,17-19H,6H2/t10-,11-,12-,14-/m1/s1. The average Bonchev–Trinajstić information content (AvgIpc) is 2.79. The second kappa shape index (κ2) is 5.19. The van der Waals surface area contributed by atoms with Crippen LogP contribution in [0.2, 0.25) is 0 Å². The SMILES string of the molecule is O=c1c2ccccc2c(F)cn1[C@@H]1O[C@H](CO)[C@@H](O)[C@H]1O. The van der Waals surface area contributed by atoms with E-state index in [1.54, 1.807) is 12.1 Å². The van der Waals surface area contributed by atoms with Crippen LogP contribution in [-0.2, 0) is 4.74 Å². The minimum absolute atomic E-state index is 0.148. The lowest BCUT2D eigenvalue weighted by Gasteiger charge is -2.18. The van der Waals surface area contributed by atoms with Crippen LogP contribution in [0.25, 0.3) is 10.8 Å². The minimum atomic E-state index is -1.43. The smallest absolute Gasteiger partial charge is 0.260 e. The van der Waals surface area contributed by atoms with E-state index in [-0.39, 0.29) is 10.8 Å². The Morgan fingerprint density at radius 3 is 2.48 bits per heavy atom. The third-order valence-electron chi connectivity index (χ3n) is 3.69. The summed E-state index contributed by atoms with van der Waals surface area (Å²) in [6, 6.07) is 6.17. The second-order valence-corrected chi connectivity index (χ2v) is 4.96. The molecule has 0 unspecified atom stereocenters. The van der Waals surface area contributed by atoms with E-state index >= 15 is 0 Å². The number of hydrogen-bond acceptors (Lipinski definition) is 5. The van der Waals surface area contributed by atoms with Crippen LogP contribution in [0, 0.1) is 5.82 Å². The number of fused-ring (bicyclic) bond motifs is 1. The number of hydrogen-bond donors (Lipinski definition) is 3. The van der Waals surface area contributed by atoms with Crippen LogP contribution >= 0.6 is 0 Å². The van der Waals surface area contributed by atoms with Crippen LogP contribution in [-0.4, -0.2) is 44.8 Å². The molecule has 3 rings (SSSR count). The summed E-state index contributed by atoms with van der Waals surface area (Å²) in [5.74, 6) is -0.636. The minimum Gasteiger partial charge on any atom is -0.394 e. The normalized spacial score (nSPS) is 29.1. The van der Waals surface area contributed by atoms with Gasteiger partial charge in [0, 0.05) is 11.6 Å². The van der Waals surface area contributed by atoms with Gasteiger partial charge in [0.05, 0.1) is 12.0 Å². The van der Waals surface area contributed by atoms with E-state index in [4.69, 9.17) is 9.84 Å². The van der Waals surface area contributed by atoms with Gasteiger partial charge >= 0.3 is 0 Å². The van der Waals surface area contributed by atoms with Crippen molar-refractivity contribution in [3.8, 4) is 0 Å². The van der Waals surface area contributed by atoms with Crippen molar-refractivity contribution in [2.75, 3.05) is 6.61 Å². The van der Waals surface area contributed by atoms with Crippen LogP contribution in [0.15, 0.2) is 35.3 Å². The van der Waals surface area contributed by atoms with Gasteiger partial charge in [-0.15, -0.1) is 0 Å². The molecule has 0 spiro atoms. The average molecular weight is 295 g/mol. The summed E-state index contributed by atoms with van der Waals surface area (Å²) in [5, 5.41) is 29.0. The molecule has 3 N–H and O–H groups in total. The topological polar surface area (TPSA) is 91.9 Å². The number of rotatable bonds is 2. The highest BCUT2D eigenvalue weighted by atomic mass is 19.1. The number of benzene rings is 1. The molecule has 0 saturated carbocycles. The molecule has 0 radical (unpaired) electrons. The lowest BCUT2D eigenvalue weighted by molar-refractivity contribution is -0.0544. The molecule has 1 aliphatic heterocycles. The molecule has 1 aliphatic rings. The fraction of sp³-hybridized carbons (Fsp3) is 0.357. The molecule has 112 valence electrons. The molecule has 7 heteroatoms. The van der Waals surface area contributed by atoms with Crippen LogP contribution < -0.4 is 5.56 Å². The molecule has 0 bridgehead atoms. The third-order valence-corrected chi connectivity index (χ3v) is 3.69. The molecule has 0 aliphatic carbocycles. The summed E-state index contributed by atoms with van der Waals surface area (Å²) in [6.07, 6.45) is -4.11. The first-order valence-corrected chi connectivity index (χ1v) is 6.46. The maximum absolute atomic E-state index is 14.1. The van der Waals surface area contributed by atoms with Gasteiger partial charge in [-0.25, -0.2) is 4.39 Å². The Kier molecular flexibility index (Phi) is 3.50. The molecule has 2 aromatic rings. The fourth-order valence-corrected chi connectivity index (χ4v) is 2.57. The van der Waals surface area contributed by atoms with Crippen molar-refractivity contribution in [3.05, 3.63) is 46.6 Å². The van der Waals surface area contributed by atoms with E-state index in [2.05, 4.69) is 0 Å². The van der Waals surface area contributed by atoms with Crippen molar-refractivity contribution < 1.29 is 24.4 Å². The summed E-state index contributed by atoms with van der Waals surface area (Å²) in [5.41, 5.74) is -0.540. The number of halogens is 1. The Morgan fingerprint density at radius 2 is 1.86 bits per heavy atom. The van der Waals surface area contributed by atoms with Crippen LogP contribution in [0.3, 0.4) is 0 Å². The number of pyridine rings is 1. The highest BCUT2D eigenvalue weighted by Crippen LogP contribution is 2.29. The zero-order chi connectivity index (χ0) is 15.1. The van der Waals surface area contributed by atoms with E-state index in [1.807, 2.05) is 0 Å². The Labute approximate surface area is 118 Å². The molecule has 4 atom stereocenters. The van der Waals surface area contributed by atoms with Crippen molar-refractivity contribution in [2.45, 2.75) is 24.5 Å². The molecule has 1 aromatic heterocycles. The van der Waals surface area contributed by atoms with Crippen LogP contribution in [0.5, 0.6) is 0 Å². The Hall–Kier alpha value is -1.80. The van der Waals surface area contributed by atoms with Crippen molar-refractivity contribution in [2.24, 2.45) is 0 Å². The molecule has 6 nitrogen and oxygen atoms in total. The van der Waals surface area contributed by atoms with E-state index in [9.17, 15) is 19.4 Å². The molecule has 1 saturated heterocycles. The zero-order valence-corrected chi connectivity index (χ0v) is 10.9. The van der Waals surface area contributed by atoms with Gasteiger partial charge in [-0.05, 0) is 6.07 Å². The Balaban J connectivity index is 2.14. The third kappa shape index (κ3) is 2.14. The summed E-state index contributed by atoms with van der Waals surface area (Å²) in [7, 11) is 0. The molecule has 1 fully saturated rings. The van der Waals surface area contributed by atoms with E-state index < -0.39 is 42.5 Å². The van der Waals surface area contributed by atoms with Crippen molar-refractivity contribution in [1.29, 1.82) is 0 Å². The summed E-state index contributed by atoms with van der Waals surface area (Å²) in [4.78, 5) is 12.4. The Bertz CT molecular complexity index is 731. The molecule has 21 heavy (non-hydrogen) atoms. The van der Waals surface area contributed by atoms with Gasteiger partial charge in [0.15, 0.2) is 6.23 Å². The van der Waals surface area contributed by atoms with Gasteiger partial charge in [-0.1, -0.05) is 18.2 Å². The van der Waals surface area contributed by atoms with Crippen molar-refractivity contribution >= 4 is 10.8 Å². The largest absolute Gasteiger partial charge is 0.394 e. The molecule has 0 amide bonds. The van der Waals surface area contributed by atoms with Crippen LogP contribution in [0.4, 0.5) is 4.39 Å². The maximum Gasteiger partial charge on any atom is 0.260 e. The number of aliphatic hydroxyl groups is 3. The molecular weight excluding hydrogens is 281 g/mol. The highest BCUT2D eigenvalue weighted by molar-refractivity contribution is 5.81. The predicted octanol–water partition coefficient (Wildman–Crippen LogP) is -0.248. The monoisotopic (exact) mass is 295 g/mol. The molecular formula is C14H14FNO5. The fourth-order valence-electron chi connectivity index (χ4n) is 2.57. The summed E-state index contributed by atoms with van der Waals surface area (Å²) in [6.45, 7) is -0.514. The first-order valence-electron chi connectivity index (χ1n) is 6.46. The van der Waals surface area contributed by atoms with E-state index in [1.165, 1.54) is 12.1 Å². The number of nitrogens with zero attached hydrogens (tertiary/aromatic N) is 1. The van der Waals surface area contributed by atoms with Gasteiger partial charge in [0.25, 0.3) is 5.56 Å². The lowest BCUT2D eigenvalue weighted by Crippen LogP contribution is -2.35. The maximum atomic E-state index is 14.1. The molecule has 2 heterocycles. The van der Waals surface area contributed by atoms with Crippen molar-refractivity contribution in [1.82, 2.24) is 4.57 Å². The summed E-state index contributed by atoms with van der Waals surface area (Å²) < 4.78 is 20.2. The summed E-state index contributed by atoms with van der Waals surface area (Å²) >= 11 is 0. The number of aromatic nitrogens is 1. The van der Waals surface area contributed by atoms with Gasteiger partial charge in [-0.3, -0.25) is 9.36 Å². The number of ether oxygens (including phenoxy) is 1. The first kappa shape index (κ1) is 14.2. The predicted molar refractivity (Wildman–Crippen MR) is 71.2 cm³/mol. The quantitative estimate of drug-likeness (QED) is 0.711. The Morgan fingerprint density at radius 1 is 1.19 bits per heavy atom. The van der Waals surface area contributed by atoms with Gasteiger partial charge in [-0.2, -0.15) is 0 Å². The van der Waals surface area contributed by atoms with E-state index in [0.717, 1.165) is 10.8 Å². The van der Waals surface area contributed by atoms with E-state index in [0.29, 0.717) is 0 Å². The van der Waals surface area contributed by atoms with Crippen molar-refractivity contribution in [3.63, 3.8) is 0 Å². The van der Waals surface area contributed by atoms with Crippen LogP contribution in [0.1, 0.15) is 6.23 Å². The number of aliphatic hydroxyl groups excluding tert-OH is 3. The van der Waals surface area contributed by atoms with Gasteiger partial charge in [0.2, 0.25) is 0 Å². The van der Waals surface area contributed by atoms with Gasteiger partial charge < -0.3 is 20.1 Å². The lowest BCUT2D eigenvalue weighted by atomic mass is 10.1. The highest BCUT2D eigenvalue weighted by Gasteiger charge is 2.43. The second-order valence-electron chi connectivity index (χ2n) is 4.96. The zero-order valence-electron chi connectivity index (χ0n) is 10.9.